The van der Waals surface area contributed by atoms with E-state index in [2.05, 4.69) is 61.4 Å². The Morgan fingerprint density at radius 2 is 1.83 bits per heavy atom. The van der Waals surface area contributed by atoms with E-state index < -0.39 is 0 Å². The van der Waals surface area contributed by atoms with Crippen LogP contribution in [0.5, 0.6) is 0 Å². The fourth-order valence-corrected chi connectivity index (χ4v) is 2.74. The van der Waals surface area contributed by atoms with Crippen LogP contribution in [0.15, 0.2) is 35.5 Å². The van der Waals surface area contributed by atoms with Gasteiger partial charge in [0.05, 0.1) is 11.9 Å². The second-order valence-electron chi connectivity index (χ2n) is 6.01. The molecule has 0 radical (unpaired) electrons. The zero-order valence-corrected chi connectivity index (χ0v) is 14.5. The SMILES string of the molecule is CC=Nc1cnc(Nc2ccc(N3CCN(C)CC3)cc2)nc1C. The molecule has 3 rings (SSSR count). The number of rotatable bonds is 4. The summed E-state index contributed by atoms with van der Waals surface area (Å²) in [6.45, 7) is 8.19. The summed E-state index contributed by atoms with van der Waals surface area (Å²) < 4.78 is 0. The first kappa shape index (κ1) is 16.4. The number of aryl methyl sites for hydroxylation is 1. The molecule has 1 aliphatic heterocycles. The van der Waals surface area contributed by atoms with Crippen molar-refractivity contribution in [2.75, 3.05) is 43.4 Å². The van der Waals surface area contributed by atoms with Gasteiger partial charge in [0.2, 0.25) is 5.95 Å². The minimum atomic E-state index is 0.593. The molecule has 0 saturated carbocycles. The van der Waals surface area contributed by atoms with Crippen LogP contribution in [0.25, 0.3) is 0 Å². The molecule has 0 unspecified atom stereocenters. The van der Waals surface area contributed by atoms with Gasteiger partial charge in [0, 0.05) is 43.8 Å². The molecule has 2 heterocycles. The van der Waals surface area contributed by atoms with Gasteiger partial charge in [-0.1, -0.05) is 0 Å². The number of aliphatic imine (C=N–C) groups is 1. The van der Waals surface area contributed by atoms with Gasteiger partial charge >= 0.3 is 0 Å². The number of hydrogen-bond acceptors (Lipinski definition) is 6. The Morgan fingerprint density at radius 1 is 1.12 bits per heavy atom. The van der Waals surface area contributed by atoms with Crippen LogP contribution < -0.4 is 10.2 Å². The highest BCUT2D eigenvalue weighted by Crippen LogP contribution is 2.22. The first-order valence-electron chi connectivity index (χ1n) is 8.28. The fourth-order valence-electron chi connectivity index (χ4n) is 2.74. The molecule has 1 fully saturated rings. The van der Waals surface area contributed by atoms with Crippen LogP contribution >= 0.6 is 0 Å². The summed E-state index contributed by atoms with van der Waals surface area (Å²) in [4.78, 5) is 17.8. The molecular weight excluding hydrogens is 300 g/mol. The van der Waals surface area contributed by atoms with Gasteiger partial charge in [0.25, 0.3) is 0 Å². The lowest BCUT2D eigenvalue weighted by atomic mass is 10.2. The van der Waals surface area contributed by atoms with Crippen molar-refractivity contribution in [1.29, 1.82) is 0 Å². The van der Waals surface area contributed by atoms with Gasteiger partial charge in [-0.2, -0.15) is 0 Å². The molecule has 1 aromatic heterocycles. The molecule has 126 valence electrons. The highest BCUT2D eigenvalue weighted by atomic mass is 15.2. The zero-order chi connectivity index (χ0) is 16.9. The standard InChI is InChI=1S/C18H24N6/c1-4-19-17-13-20-18(21-14(17)2)22-15-5-7-16(8-6-15)24-11-9-23(3)10-12-24/h4-8,13H,9-12H2,1-3H3,(H,20,21,22). The van der Waals surface area contributed by atoms with E-state index in [-0.39, 0.29) is 0 Å². The second kappa shape index (κ2) is 7.40. The number of hydrogen-bond donors (Lipinski definition) is 1. The van der Waals surface area contributed by atoms with Crippen LogP contribution in [0.4, 0.5) is 23.0 Å². The third-order valence-electron chi connectivity index (χ3n) is 4.21. The molecule has 6 nitrogen and oxygen atoms in total. The Hall–Kier alpha value is -2.47. The molecule has 0 amide bonds. The smallest absolute Gasteiger partial charge is 0.227 e. The molecule has 1 N–H and O–H groups in total. The van der Waals surface area contributed by atoms with Crippen LogP contribution in [-0.4, -0.2) is 54.3 Å². The number of anilines is 3. The van der Waals surface area contributed by atoms with Gasteiger partial charge in [-0.15, -0.1) is 0 Å². The Bertz CT molecular complexity index is 702. The Morgan fingerprint density at radius 3 is 2.46 bits per heavy atom. The molecular formula is C18H24N6. The normalized spacial score (nSPS) is 15.9. The number of likely N-dealkylation sites (N-methyl/N-ethyl adjacent to an activating group) is 1. The number of nitrogens with one attached hydrogen (secondary N) is 1. The van der Waals surface area contributed by atoms with Crippen molar-refractivity contribution in [3.05, 3.63) is 36.2 Å². The van der Waals surface area contributed by atoms with E-state index in [4.69, 9.17) is 0 Å². The number of piperazine rings is 1. The highest BCUT2D eigenvalue weighted by Gasteiger charge is 2.14. The second-order valence-corrected chi connectivity index (χ2v) is 6.01. The van der Waals surface area contributed by atoms with Crippen molar-refractivity contribution in [3.63, 3.8) is 0 Å². The van der Waals surface area contributed by atoms with Crippen LogP contribution in [0, 0.1) is 6.92 Å². The molecule has 1 aromatic carbocycles. The largest absolute Gasteiger partial charge is 0.369 e. The van der Waals surface area contributed by atoms with Crippen LogP contribution in [0.2, 0.25) is 0 Å². The van der Waals surface area contributed by atoms with Gasteiger partial charge in [-0.05, 0) is 45.2 Å². The van der Waals surface area contributed by atoms with Crippen molar-refractivity contribution in [2.45, 2.75) is 13.8 Å². The average Bonchev–Trinajstić information content (AvgIpc) is 2.59. The predicted molar refractivity (Wildman–Crippen MR) is 100 cm³/mol. The number of nitrogens with zero attached hydrogens (tertiary/aromatic N) is 5. The van der Waals surface area contributed by atoms with Crippen LogP contribution in [0.1, 0.15) is 12.6 Å². The first-order chi connectivity index (χ1) is 11.7. The minimum absolute atomic E-state index is 0.593. The molecule has 1 aliphatic rings. The van der Waals surface area contributed by atoms with Gasteiger partial charge in [0.1, 0.15) is 5.69 Å². The predicted octanol–water partition coefficient (Wildman–Crippen LogP) is 3.00. The summed E-state index contributed by atoms with van der Waals surface area (Å²) >= 11 is 0. The van der Waals surface area contributed by atoms with Crippen molar-refractivity contribution in [1.82, 2.24) is 14.9 Å². The fraction of sp³-hybridized carbons (Fsp3) is 0.389. The van der Waals surface area contributed by atoms with Crippen molar-refractivity contribution in [3.8, 4) is 0 Å². The third kappa shape index (κ3) is 3.89. The minimum Gasteiger partial charge on any atom is -0.369 e. The molecule has 0 aliphatic carbocycles. The van der Waals surface area contributed by atoms with E-state index in [0.29, 0.717) is 5.95 Å². The van der Waals surface area contributed by atoms with E-state index in [1.807, 2.05) is 13.8 Å². The van der Waals surface area contributed by atoms with Gasteiger partial charge in [0.15, 0.2) is 0 Å². The van der Waals surface area contributed by atoms with Crippen molar-refractivity contribution in [2.24, 2.45) is 4.99 Å². The highest BCUT2D eigenvalue weighted by molar-refractivity contribution is 5.63. The first-order valence-corrected chi connectivity index (χ1v) is 8.28. The van der Waals surface area contributed by atoms with Crippen molar-refractivity contribution >= 4 is 29.2 Å². The lowest BCUT2D eigenvalue weighted by molar-refractivity contribution is 0.313. The Labute approximate surface area is 143 Å². The molecule has 0 atom stereocenters. The topological polar surface area (TPSA) is 56.7 Å². The molecule has 24 heavy (non-hydrogen) atoms. The average molecular weight is 324 g/mol. The number of benzene rings is 1. The van der Waals surface area contributed by atoms with Crippen LogP contribution in [0.3, 0.4) is 0 Å². The maximum Gasteiger partial charge on any atom is 0.227 e. The van der Waals surface area contributed by atoms with Crippen LogP contribution in [-0.2, 0) is 0 Å². The van der Waals surface area contributed by atoms with Gasteiger partial charge in [-0.3, -0.25) is 4.99 Å². The Balaban J connectivity index is 1.67. The molecule has 0 spiro atoms. The summed E-state index contributed by atoms with van der Waals surface area (Å²) in [6, 6.07) is 8.45. The van der Waals surface area contributed by atoms with Gasteiger partial charge < -0.3 is 15.1 Å². The quantitative estimate of drug-likeness (QED) is 0.876. The zero-order valence-electron chi connectivity index (χ0n) is 14.5. The summed E-state index contributed by atoms with van der Waals surface area (Å²) in [6.07, 6.45) is 3.49. The van der Waals surface area contributed by atoms with Crippen molar-refractivity contribution < 1.29 is 0 Å². The Kier molecular flexibility index (Phi) is 5.05. The monoisotopic (exact) mass is 324 g/mol. The van der Waals surface area contributed by atoms with E-state index in [9.17, 15) is 0 Å². The third-order valence-corrected chi connectivity index (χ3v) is 4.21. The maximum atomic E-state index is 4.46. The molecule has 2 aromatic rings. The molecule has 6 heteroatoms. The van der Waals surface area contributed by atoms with E-state index >= 15 is 0 Å². The lowest BCUT2D eigenvalue weighted by Crippen LogP contribution is -2.44. The molecule has 1 saturated heterocycles. The summed E-state index contributed by atoms with van der Waals surface area (Å²) in [5.41, 5.74) is 3.91. The molecule has 0 bridgehead atoms. The lowest BCUT2D eigenvalue weighted by Gasteiger charge is -2.34. The van der Waals surface area contributed by atoms with Gasteiger partial charge in [-0.25, -0.2) is 9.97 Å². The van der Waals surface area contributed by atoms with E-state index in [1.54, 1.807) is 12.4 Å². The van der Waals surface area contributed by atoms with E-state index in [1.165, 1.54) is 5.69 Å². The summed E-state index contributed by atoms with van der Waals surface area (Å²) in [5, 5.41) is 3.25. The summed E-state index contributed by atoms with van der Waals surface area (Å²) in [7, 11) is 2.17. The van der Waals surface area contributed by atoms with E-state index in [0.717, 1.165) is 43.2 Å². The number of aromatic nitrogens is 2. The summed E-state index contributed by atoms with van der Waals surface area (Å²) in [5.74, 6) is 0.593. The maximum absolute atomic E-state index is 4.46.